The highest BCUT2D eigenvalue weighted by Crippen LogP contribution is 2.35. The van der Waals surface area contributed by atoms with Gasteiger partial charge in [-0.15, -0.1) is 0 Å². The van der Waals surface area contributed by atoms with Gasteiger partial charge in [0.25, 0.3) is 0 Å². The second-order valence-electron chi connectivity index (χ2n) is 10.4. The molecule has 0 spiro atoms. The number of hydrogen-bond donors (Lipinski definition) is 0. The molecular weight excluding hydrogens is 545 g/mol. The highest BCUT2D eigenvalue weighted by atomic mass is 32.1. The van der Waals surface area contributed by atoms with E-state index in [1.807, 2.05) is 45.0 Å². The summed E-state index contributed by atoms with van der Waals surface area (Å²) in [5, 5.41) is 9.09. The molecular formula is C27H29F3N6O3S. The lowest BCUT2D eigenvalue weighted by Gasteiger charge is -2.37. The summed E-state index contributed by atoms with van der Waals surface area (Å²) in [6, 6.07) is 9.67. The van der Waals surface area contributed by atoms with Gasteiger partial charge in [0.15, 0.2) is 10.8 Å². The standard InChI is InChI=1S/C27H29F3N6O3S/c1-26(2,3)39-25(38)34-13-11-33(12-14-34)18-6-8-19(9-7-18)35-10-4-5-23(37)36(24(35)40)20-15-21(27(28,29)30)22(16-31)32-17-20/h6-9,15,17H,4-5,10-14H2,1-3H3. The first-order valence-corrected chi connectivity index (χ1v) is 13.1. The normalized spacial score (nSPS) is 17.0. The van der Waals surface area contributed by atoms with E-state index in [9.17, 15) is 22.8 Å². The molecule has 4 rings (SSSR count). The maximum atomic E-state index is 13.5. The number of ether oxygens (including phenoxy) is 1. The van der Waals surface area contributed by atoms with Crippen LogP contribution < -0.4 is 14.7 Å². The number of amides is 2. The number of carbonyl (C=O) groups excluding carboxylic acids is 2. The molecule has 0 unspecified atom stereocenters. The smallest absolute Gasteiger partial charge is 0.419 e. The molecule has 2 aromatic rings. The fourth-order valence-corrected chi connectivity index (χ4v) is 4.92. The molecule has 212 valence electrons. The minimum atomic E-state index is -4.82. The van der Waals surface area contributed by atoms with Gasteiger partial charge in [-0.05, 0) is 69.7 Å². The van der Waals surface area contributed by atoms with Crippen molar-refractivity contribution >= 4 is 46.4 Å². The third-order valence-corrected chi connectivity index (χ3v) is 6.85. The van der Waals surface area contributed by atoms with Crippen molar-refractivity contribution in [2.45, 2.75) is 45.4 Å². The number of piperazine rings is 1. The second kappa shape index (κ2) is 11.3. The molecule has 2 aliphatic rings. The van der Waals surface area contributed by atoms with Crippen LogP contribution in [0.3, 0.4) is 0 Å². The molecule has 9 nitrogen and oxygen atoms in total. The Kier molecular flexibility index (Phi) is 8.20. The van der Waals surface area contributed by atoms with Crippen LogP contribution in [-0.4, -0.2) is 65.3 Å². The number of anilines is 3. The first-order valence-electron chi connectivity index (χ1n) is 12.7. The summed E-state index contributed by atoms with van der Waals surface area (Å²) >= 11 is 5.60. The molecule has 0 atom stereocenters. The highest BCUT2D eigenvalue weighted by molar-refractivity contribution is 7.81. The van der Waals surface area contributed by atoms with E-state index in [1.54, 1.807) is 9.80 Å². The zero-order chi connectivity index (χ0) is 29.2. The Morgan fingerprint density at radius 3 is 2.23 bits per heavy atom. The van der Waals surface area contributed by atoms with Crippen molar-refractivity contribution < 1.29 is 27.5 Å². The maximum Gasteiger partial charge on any atom is 0.419 e. The topological polar surface area (TPSA) is 93.0 Å². The monoisotopic (exact) mass is 574 g/mol. The summed E-state index contributed by atoms with van der Waals surface area (Å²) in [5.74, 6) is -0.452. The molecule has 2 fully saturated rings. The Balaban J connectivity index is 1.50. The molecule has 0 saturated carbocycles. The molecule has 2 amide bonds. The van der Waals surface area contributed by atoms with Gasteiger partial charge in [-0.25, -0.2) is 9.78 Å². The molecule has 2 aliphatic heterocycles. The molecule has 0 bridgehead atoms. The molecule has 1 aromatic heterocycles. The molecule has 0 radical (unpaired) electrons. The van der Waals surface area contributed by atoms with Crippen LogP contribution in [0.15, 0.2) is 36.5 Å². The van der Waals surface area contributed by atoms with Crippen LogP contribution in [0.5, 0.6) is 0 Å². The fourth-order valence-electron chi connectivity index (χ4n) is 4.52. The van der Waals surface area contributed by atoms with Gasteiger partial charge in [0.05, 0.1) is 17.4 Å². The summed E-state index contributed by atoms with van der Waals surface area (Å²) in [6.45, 7) is 8.15. The fraction of sp³-hybridized carbons (Fsp3) is 0.444. The van der Waals surface area contributed by atoms with Crippen molar-refractivity contribution in [3.63, 3.8) is 0 Å². The van der Waals surface area contributed by atoms with Crippen molar-refractivity contribution in [1.82, 2.24) is 9.88 Å². The second-order valence-corrected chi connectivity index (χ2v) is 10.8. The van der Waals surface area contributed by atoms with E-state index >= 15 is 0 Å². The highest BCUT2D eigenvalue weighted by Gasteiger charge is 2.37. The molecule has 0 N–H and O–H groups in total. The van der Waals surface area contributed by atoms with E-state index in [1.165, 1.54) is 6.07 Å². The summed E-state index contributed by atoms with van der Waals surface area (Å²) in [4.78, 5) is 35.5. The Morgan fingerprint density at radius 1 is 1.02 bits per heavy atom. The Morgan fingerprint density at radius 2 is 1.65 bits per heavy atom. The SMILES string of the molecule is CC(C)(C)OC(=O)N1CCN(c2ccc(N3CCCC(=O)N(c4cnc(C#N)c(C(F)(F)F)c4)C3=S)cc2)CC1. The van der Waals surface area contributed by atoms with Gasteiger partial charge in [0.1, 0.15) is 11.7 Å². The molecule has 3 heterocycles. The van der Waals surface area contributed by atoms with Crippen LogP contribution in [0, 0.1) is 11.3 Å². The predicted octanol–water partition coefficient (Wildman–Crippen LogP) is 4.95. The first-order chi connectivity index (χ1) is 18.8. The lowest BCUT2D eigenvalue weighted by molar-refractivity contribution is -0.138. The Hall–Kier alpha value is -3.92. The third-order valence-electron chi connectivity index (χ3n) is 6.44. The van der Waals surface area contributed by atoms with E-state index in [4.69, 9.17) is 22.2 Å². The van der Waals surface area contributed by atoms with Gasteiger partial charge in [-0.2, -0.15) is 18.4 Å². The lowest BCUT2D eigenvalue weighted by atomic mass is 10.1. The zero-order valence-corrected chi connectivity index (χ0v) is 23.2. The van der Waals surface area contributed by atoms with Crippen LogP contribution in [-0.2, 0) is 15.7 Å². The lowest BCUT2D eigenvalue weighted by Crippen LogP contribution is -2.50. The van der Waals surface area contributed by atoms with Gasteiger partial charge in [0.2, 0.25) is 5.91 Å². The number of halogens is 3. The molecule has 0 aliphatic carbocycles. The number of rotatable bonds is 3. The zero-order valence-electron chi connectivity index (χ0n) is 22.4. The van der Waals surface area contributed by atoms with E-state index in [0.717, 1.165) is 22.9 Å². The average molecular weight is 575 g/mol. The Labute approximate surface area is 235 Å². The summed E-state index contributed by atoms with van der Waals surface area (Å²) < 4.78 is 46.1. The number of thiocarbonyl (C=S) groups is 1. The number of nitrogens with zero attached hydrogens (tertiary/aromatic N) is 6. The number of benzene rings is 1. The number of aromatic nitrogens is 1. The van der Waals surface area contributed by atoms with Gasteiger partial charge < -0.3 is 19.4 Å². The number of nitriles is 1. The molecule has 2 saturated heterocycles. The number of hydrogen-bond acceptors (Lipinski definition) is 7. The molecule has 40 heavy (non-hydrogen) atoms. The summed E-state index contributed by atoms with van der Waals surface area (Å²) in [6.07, 6.45) is -3.58. The minimum absolute atomic E-state index is 0.0286. The van der Waals surface area contributed by atoms with Crippen molar-refractivity contribution in [2.75, 3.05) is 47.4 Å². The van der Waals surface area contributed by atoms with Crippen molar-refractivity contribution in [1.29, 1.82) is 5.26 Å². The minimum Gasteiger partial charge on any atom is -0.444 e. The molecule has 13 heteroatoms. The first kappa shape index (κ1) is 29.1. The quantitative estimate of drug-likeness (QED) is 0.476. The predicted molar refractivity (Wildman–Crippen MR) is 147 cm³/mol. The van der Waals surface area contributed by atoms with Crippen LogP contribution >= 0.6 is 12.2 Å². The van der Waals surface area contributed by atoms with Gasteiger partial charge in [-0.1, -0.05) is 0 Å². The van der Waals surface area contributed by atoms with E-state index < -0.39 is 28.9 Å². The van der Waals surface area contributed by atoms with Crippen LogP contribution in [0.1, 0.15) is 44.9 Å². The van der Waals surface area contributed by atoms with Crippen LogP contribution in [0.2, 0.25) is 0 Å². The largest absolute Gasteiger partial charge is 0.444 e. The van der Waals surface area contributed by atoms with Crippen LogP contribution in [0.25, 0.3) is 0 Å². The van der Waals surface area contributed by atoms with E-state index in [-0.39, 0.29) is 23.3 Å². The number of alkyl halides is 3. The van der Waals surface area contributed by atoms with Gasteiger partial charge in [-0.3, -0.25) is 9.69 Å². The van der Waals surface area contributed by atoms with Crippen LogP contribution in [0.4, 0.5) is 35.0 Å². The van der Waals surface area contributed by atoms with Gasteiger partial charge >= 0.3 is 12.3 Å². The van der Waals surface area contributed by atoms with E-state index in [0.29, 0.717) is 44.8 Å². The Bertz CT molecular complexity index is 1330. The molecule has 1 aromatic carbocycles. The number of carbonyl (C=O) groups is 2. The van der Waals surface area contributed by atoms with Crippen molar-refractivity contribution in [2.24, 2.45) is 0 Å². The van der Waals surface area contributed by atoms with Crippen molar-refractivity contribution in [3.8, 4) is 6.07 Å². The summed E-state index contributed by atoms with van der Waals surface area (Å²) in [7, 11) is 0. The van der Waals surface area contributed by atoms with E-state index in [2.05, 4.69) is 9.88 Å². The summed E-state index contributed by atoms with van der Waals surface area (Å²) in [5.41, 5.74) is -1.09. The maximum absolute atomic E-state index is 13.5. The number of pyridine rings is 1. The third kappa shape index (κ3) is 6.44. The average Bonchev–Trinajstić information content (AvgIpc) is 3.04. The van der Waals surface area contributed by atoms with Gasteiger partial charge in [0, 0.05) is 50.5 Å². The van der Waals surface area contributed by atoms with Crippen molar-refractivity contribution in [3.05, 3.63) is 47.8 Å².